The van der Waals surface area contributed by atoms with Crippen molar-refractivity contribution in [2.24, 2.45) is 0 Å². The lowest BCUT2D eigenvalue weighted by molar-refractivity contribution is 1.08. The molecule has 1 heteroatoms. The molecule has 2 aromatic rings. The van der Waals surface area contributed by atoms with Gasteiger partial charge in [-0.25, -0.2) is 6.57 Å². The van der Waals surface area contributed by atoms with Crippen molar-refractivity contribution in [2.45, 2.75) is 6.42 Å². The minimum Gasteiger partial charge on any atom is -0.317 e. The van der Waals surface area contributed by atoms with Crippen LogP contribution in [0.5, 0.6) is 0 Å². The first kappa shape index (κ1) is 10.4. The van der Waals surface area contributed by atoms with E-state index in [1.165, 1.54) is 16.7 Å². The number of benzene rings is 2. The van der Waals surface area contributed by atoms with Gasteiger partial charge in [-0.05, 0) is 16.7 Å². The molecule has 0 aliphatic carbocycles. The first-order valence-electron chi connectivity index (χ1n) is 5.38. The second kappa shape index (κ2) is 5.14. The quantitative estimate of drug-likeness (QED) is 0.674. The van der Waals surface area contributed by atoms with Crippen molar-refractivity contribution in [1.29, 1.82) is 0 Å². The Labute approximate surface area is 96.2 Å². The van der Waals surface area contributed by atoms with Gasteiger partial charge in [0.05, 0.1) is 0 Å². The predicted molar refractivity (Wildman–Crippen MR) is 67.1 cm³/mol. The number of nitrogens with zero attached hydrogens (tertiary/aromatic N) is 1. The van der Waals surface area contributed by atoms with Gasteiger partial charge in [0, 0.05) is 6.42 Å². The maximum absolute atomic E-state index is 6.85. The zero-order valence-electron chi connectivity index (χ0n) is 9.06. The van der Waals surface area contributed by atoms with Crippen LogP contribution in [0, 0.1) is 6.57 Å². The van der Waals surface area contributed by atoms with E-state index in [0.29, 0.717) is 6.54 Å². The van der Waals surface area contributed by atoms with Gasteiger partial charge < -0.3 is 4.85 Å². The maximum Gasteiger partial charge on any atom is 0.218 e. The molecule has 1 nitrogen and oxygen atoms in total. The Hall–Kier alpha value is -2.07. The van der Waals surface area contributed by atoms with Crippen molar-refractivity contribution in [1.82, 2.24) is 0 Å². The summed E-state index contributed by atoms with van der Waals surface area (Å²) >= 11 is 0. The van der Waals surface area contributed by atoms with Gasteiger partial charge in [0.25, 0.3) is 0 Å². The van der Waals surface area contributed by atoms with E-state index < -0.39 is 0 Å². The van der Waals surface area contributed by atoms with Crippen molar-refractivity contribution in [3.63, 3.8) is 0 Å². The summed E-state index contributed by atoms with van der Waals surface area (Å²) in [5.74, 6) is 0. The summed E-state index contributed by atoms with van der Waals surface area (Å²) in [7, 11) is 0. The van der Waals surface area contributed by atoms with Gasteiger partial charge in [-0.1, -0.05) is 54.6 Å². The molecule has 2 rings (SSSR count). The highest BCUT2D eigenvalue weighted by Crippen LogP contribution is 2.23. The van der Waals surface area contributed by atoms with E-state index in [1.54, 1.807) is 0 Å². The molecule has 0 aliphatic heterocycles. The molecule has 78 valence electrons. The molecule has 0 spiro atoms. The van der Waals surface area contributed by atoms with E-state index in [-0.39, 0.29) is 0 Å². The smallest absolute Gasteiger partial charge is 0.218 e. The van der Waals surface area contributed by atoms with Gasteiger partial charge >= 0.3 is 0 Å². The van der Waals surface area contributed by atoms with Crippen LogP contribution in [0.3, 0.4) is 0 Å². The average molecular weight is 207 g/mol. The summed E-state index contributed by atoms with van der Waals surface area (Å²) < 4.78 is 0. The van der Waals surface area contributed by atoms with Gasteiger partial charge in [-0.15, -0.1) is 0 Å². The molecule has 0 aromatic heterocycles. The Kier molecular flexibility index (Phi) is 3.35. The van der Waals surface area contributed by atoms with Gasteiger partial charge in [-0.2, -0.15) is 0 Å². The molecule has 0 saturated carbocycles. The maximum atomic E-state index is 6.85. The summed E-state index contributed by atoms with van der Waals surface area (Å²) in [6.07, 6.45) is 0.828. The van der Waals surface area contributed by atoms with Crippen LogP contribution in [0.4, 0.5) is 0 Å². The Morgan fingerprint density at radius 3 is 2.31 bits per heavy atom. The van der Waals surface area contributed by atoms with Crippen LogP contribution in [-0.2, 0) is 6.42 Å². The zero-order chi connectivity index (χ0) is 11.2. The average Bonchev–Trinajstić information content (AvgIpc) is 2.38. The van der Waals surface area contributed by atoms with Crippen LogP contribution in [0.15, 0.2) is 54.6 Å². The lowest BCUT2D eigenvalue weighted by Crippen LogP contribution is -1.91. The van der Waals surface area contributed by atoms with Gasteiger partial charge in [0.15, 0.2) is 0 Å². The summed E-state index contributed by atoms with van der Waals surface area (Å²) in [6, 6.07) is 18.6. The molecule has 0 bridgehead atoms. The van der Waals surface area contributed by atoms with Crippen LogP contribution < -0.4 is 0 Å². The van der Waals surface area contributed by atoms with Gasteiger partial charge in [-0.3, -0.25) is 0 Å². The predicted octanol–water partition coefficient (Wildman–Crippen LogP) is 3.82. The fourth-order valence-electron chi connectivity index (χ4n) is 1.81. The molecule has 0 atom stereocenters. The monoisotopic (exact) mass is 207 g/mol. The zero-order valence-corrected chi connectivity index (χ0v) is 9.06. The molecule has 0 fully saturated rings. The number of rotatable bonds is 3. The topological polar surface area (TPSA) is 4.36 Å². The van der Waals surface area contributed by atoms with Crippen molar-refractivity contribution in [3.8, 4) is 11.1 Å². The van der Waals surface area contributed by atoms with Crippen LogP contribution in [-0.4, -0.2) is 6.54 Å². The lowest BCUT2D eigenvalue weighted by Gasteiger charge is -2.06. The van der Waals surface area contributed by atoms with E-state index >= 15 is 0 Å². The van der Waals surface area contributed by atoms with Crippen molar-refractivity contribution in [2.75, 3.05) is 6.54 Å². The fraction of sp³-hybridized carbons (Fsp3) is 0.133. The molecule has 0 amide bonds. The third-order valence-electron chi connectivity index (χ3n) is 2.60. The molecule has 0 unspecified atom stereocenters. The van der Waals surface area contributed by atoms with Gasteiger partial charge in [0.1, 0.15) is 0 Å². The third kappa shape index (κ3) is 2.29. The molecule has 0 heterocycles. The van der Waals surface area contributed by atoms with Crippen molar-refractivity contribution >= 4 is 0 Å². The first-order valence-corrected chi connectivity index (χ1v) is 5.38. The molecular weight excluding hydrogens is 194 g/mol. The summed E-state index contributed by atoms with van der Waals surface area (Å²) in [5, 5.41) is 0. The van der Waals surface area contributed by atoms with E-state index in [9.17, 15) is 0 Å². The third-order valence-corrected chi connectivity index (χ3v) is 2.60. The summed E-state index contributed by atoms with van der Waals surface area (Å²) in [5.41, 5.74) is 3.72. The highest BCUT2D eigenvalue weighted by atomic mass is 14.6. The fourth-order valence-corrected chi connectivity index (χ4v) is 1.81. The summed E-state index contributed by atoms with van der Waals surface area (Å²) in [4.78, 5) is 3.42. The minimum absolute atomic E-state index is 0.559. The van der Waals surface area contributed by atoms with Crippen molar-refractivity contribution in [3.05, 3.63) is 71.6 Å². The Balaban J connectivity index is 2.38. The van der Waals surface area contributed by atoms with Crippen LogP contribution in [0.1, 0.15) is 5.56 Å². The second-order valence-electron chi connectivity index (χ2n) is 3.65. The van der Waals surface area contributed by atoms with Crippen molar-refractivity contribution < 1.29 is 0 Å². The molecule has 0 saturated heterocycles. The first-order chi connectivity index (χ1) is 7.92. The minimum atomic E-state index is 0.559. The Morgan fingerprint density at radius 2 is 1.56 bits per heavy atom. The number of hydrogen-bond acceptors (Lipinski definition) is 0. The van der Waals surface area contributed by atoms with Crippen LogP contribution in [0.25, 0.3) is 16.0 Å². The van der Waals surface area contributed by atoms with E-state index in [4.69, 9.17) is 6.57 Å². The van der Waals surface area contributed by atoms with E-state index in [1.807, 2.05) is 30.3 Å². The van der Waals surface area contributed by atoms with E-state index in [2.05, 4.69) is 29.1 Å². The standard InChI is InChI=1S/C15H13N/c1-16-12-11-14-9-5-6-10-15(14)13-7-3-2-4-8-13/h2-10H,11-12H2. The highest BCUT2D eigenvalue weighted by molar-refractivity contribution is 5.67. The molecule has 0 aliphatic rings. The van der Waals surface area contributed by atoms with Gasteiger partial charge in [0.2, 0.25) is 6.54 Å². The normalized spacial score (nSPS) is 9.69. The SMILES string of the molecule is [C-]#[N+]CCc1ccccc1-c1ccccc1. The van der Waals surface area contributed by atoms with Crippen LogP contribution in [0.2, 0.25) is 0 Å². The number of hydrogen-bond donors (Lipinski definition) is 0. The molecule has 0 radical (unpaired) electrons. The highest BCUT2D eigenvalue weighted by Gasteiger charge is 2.04. The molecular formula is C15H13N. The summed E-state index contributed by atoms with van der Waals surface area (Å²) in [6.45, 7) is 7.41. The largest absolute Gasteiger partial charge is 0.317 e. The van der Waals surface area contributed by atoms with E-state index in [0.717, 1.165) is 6.42 Å². The Bertz CT molecular complexity index is 494. The van der Waals surface area contributed by atoms with Crippen LogP contribution >= 0.6 is 0 Å². The molecule has 0 N–H and O–H groups in total. The molecule has 2 aromatic carbocycles. The second-order valence-corrected chi connectivity index (χ2v) is 3.65. The molecule has 16 heavy (non-hydrogen) atoms. The Morgan fingerprint density at radius 1 is 0.875 bits per heavy atom. The lowest BCUT2D eigenvalue weighted by atomic mass is 9.98.